The van der Waals surface area contributed by atoms with Gasteiger partial charge in [-0.05, 0) is 58.7 Å². The Bertz CT molecular complexity index is 1010. The molecule has 0 fully saturated rings. The summed E-state index contributed by atoms with van der Waals surface area (Å²) in [5, 5.41) is 5.57. The highest BCUT2D eigenvalue weighted by atomic mass is 19.1. The van der Waals surface area contributed by atoms with E-state index in [4.69, 9.17) is 0 Å². The Morgan fingerprint density at radius 1 is 0.594 bits per heavy atom. The van der Waals surface area contributed by atoms with Crippen LogP contribution in [0, 0.1) is 11.6 Å². The standard InChI is InChI=1S/C26H22F2N2O2/c27-23-11-5-19(6-12-23)9-15-25(31)29-17-21-1-2-22(4-3-21)18-30-26(32)16-10-20-7-13-24(28)14-8-20/h1-16H,17-18H2,(H,29,31)(H,30,32). The number of hydrogen-bond acceptors (Lipinski definition) is 2. The summed E-state index contributed by atoms with van der Waals surface area (Å²) < 4.78 is 25.8. The molecule has 3 rings (SSSR count). The summed E-state index contributed by atoms with van der Waals surface area (Å²) in [6.45, 7) is 0.722. The molecule has 0 saturated carbocycles. The van der Waals surface area contributed by atoms with Crippen molar-refractivity contribution in [1.29, 1.82) is 0 Å². The Labute approximate surface area is 185 Å². The Morgan fingerprint density at radius 3 is 1.28 bits per heavy atom. The lowest BCUT2D eigenvalue weighted by Gasteiger charge is -2.06. The maximum absolute atomic E-state index is 12.9. The Hall–Kier alpha value is -4.06. The molecule has 0 unspecified atom stereocenters. The molecular weight excluding hydrogens is 410 g/mol. The summed E-state index contributed by atoms with van der Waals surface area (Å²) in [6, 6.07) is 19.2. The molecule has 0 aromatic heterocycles. The average Bonchev–Trinajstić information content (AvgIpc) is 2.81. The zero-order valence-corrected chi connectivity index (χ0v) is 17.2. The van der Waals surface area contributed by atoms with Gasteiger partial charge >= 0.3 is 0 Å². The van der Waals surface area contributed by atoms with Gasteiger partial charge in [0.1, 0.15) is 11.6 Å². The lowest BCUT2D eigenvalue weighted by atomic mass is 10.1. The van der Waals surface area contributed by atoms with Crippen molar-refractivity contribution in [2.45, 2.75) is 13.1 Å². The summed E-state index contributed by atoms with van der Waals surface area (Å²) in [5.41, 5.74) is 3.31. The molecule has 0 heterocycles. The molecule has 0 saturated heterocycles. The maximum atomic E-state index is 12.9. The first kappa shape index (κ1) is 22.6. The van der Waals surface area contributed by atoms with E-state index in [0.29, 0.717) is 13.1 Å². The van der Waals surface area contributed by atoms with Gasteiger partial charge in [0.2, 0.25) is 11.8 Å². The van der Waals surface area contributed by atoms with Crippen molar-refractivity contribution in [1.82, 2.24) is 10.6 Å². The van der Waals surface area contributed by atoms with E-state index in [9.17, 15) is 18.4 Å². The molecular formula is C26H22F2N2O2. The minimum atomic E-state index is -0.323. The topological polar surface area (TPSA) is 58.2 Å². The van der Waals surface area contributed by atoms with Crippen LogP contribution in [-0.2, 0) is 22.7 Å². The zero-order chi connectivity index (χ0) is 22.8. The molecule has 2 N–H and O–H groups in total. The van der Waals surface area contributed by atoms with Crippen LogP contribution in [0.3, 0.4) is 0 Å². The van der Waals surface area contributed by atoms with Gasteiger partial charge in [-0.25, -0.2) is 8.78 Å². The molecule has 0 aliphatic carbocycles. The van der Waals surface area contributed by atoms with Gasteiger partial charge in [0.05, 0.1) is 0 Å². The van der Waals surface area contributed by atoms with Gasteiger partial charge in [0.15, 0.2) is 0 Å². The van der Waals surface area contributed by atoms with Gasteiger partial charge in [-0.15, -0.1) is 0 Å². The van der Waals surface area contributed by atoms with Crippen LogP contribution in [0.25, 0.3) is 12.2 Å². The fourth-order valence-corrected chi connectivity index (χ4v) is 2.76. The van der Waals surface area contributed by atoms with Crippen molar-refractivity contribution in [3.8, 4) is 0 Å². The Kier molecular flexibility index (Phi) is 8.03. The fraction of sp³-hybridized carbons (Fsp3) is 0.0769. The number of halogens is 2. The first-order valence-electron chi connectivity index (χ1n) is 9.99. The van der Waals surface area contributed by atoms with E-state index in [1.807, 2.05) is 24.3 Å². The first-order valence-corrected chi connectivity index (χ1v) is 9.99. The third-order valence-corrected chi connectivity index (χ3v) is 4.55. The van der Waals surface area contributed by atoms with E-state index >= 15 is 0 Å². The molecule has 0 aliphatic rings. The van der Waals surface area contributed by atoms with Crippen LogP contribution in [0.4, 0.5) is 8.78 Å². The molecule has 0 bridgehead atoms. The molecule has 0 spiro atoms. The molecule has 0 atom stereocenters. The van der Waals surface area contributed by atoms with E-state index in [2.05, 4.69) is 10.6 Å². The van der Waals surface area contributed by atoms with Crippen LogP contribution in [-0.4, -0.2) is 11.8 Å². The third kappa shape index (κ3) is 7.65. The highest BCUT2D eigenvalue weighted by Gasteiger charge is 2.00. The largest absolute Gasteiger partial charge is 0.348 e. The van der Waals surface area contributed by atoms with E-state index in [1.165, 1.54) is 36.4 Å². The second-order valence-corrected chi connectivity index (χ2v) is 7.02. The molecule has 0 radical (unpaired) electrons. The van der Waals surface area contributed by atoms with Crippen molar-refractivity contribution in [2.75, 3.05) is 0 Å². The van der Waals surface area contributed by atoms with Gasteiger partial charge in [0, 0.05) is 25.2 Å². The highest BCUT2D eigenvalue weighted by molar-refractivity contribution is 5.92. The second kappa shape index (κ2) is 11.4. The molecule has 2 amide bonds. The molecule has 162 valence electrons. The van der Waals surface area contributed by atoms with Crippen molar-refractivity contribution in [3.63, 3.8) is 0 Å². The van der Waals surface area contributed by atoms with Crippen molar-refractivity contribution in [2.24, 2.45) is 0 Å². The van der Waals surface area contributed by atoms with Crippen LogP contribution in [0.2, 0.25) is 0 Å². The summed E-state index contributed by atoms with van der Waals surface area (Å²) in [6.07, 6.45) is 6.03. The maximum Gasteiger partial charge on any atom is 0.244 e. The second-order valence-electron chi connectivity index (χ2n) is 7.02. The average molecular weight is 432 g/mol. The molecule has 6 heteroatoms. The number of carbonyl (C=O) groups is 2. The van der Waals surface area contributed by atoms with Crippen LogP contribution in [0.15, 0.2) is 84.9 Å². The number of benzene rings is 3. The lowest BCUT2D eigenvalue weighted by Crippen LogP contribution is -2.21. The van der Waals surface area contributed by atoms with E-state index in [0.717, 1.165) is 22.3 Å². The number of rotatable bonds is 8. The van der Waals surface area contributed by atoms with Crippen molar-refractivity contribution < 1.29 is 18.4 Å². The number of carbonyl (C=O) groups excluding carboxylic acids is 2. The molecule has 3 aromatic rings. The minimum absolute atomic E-state index is 0.251. The molecule has 0 aliphatic heterocycles. The monoisotopic (exact) mass is 432 g/mol. The third-order valence-electron chi connectivity index (χ3n) is 4.55. The Balaban J connectivity index is 1.41. The number of amides is 2. The smallest absolute Gasteiger partial charge is 0.244 e. The van der Waals surface area contributed by atoms with Gasteiger partial charge in [-0.1, -0.05) is 48.5 Å². The fourth-order valence-electron chi connectivity index (χ4n) is 2.76. The van der Waals surface area contributed by atoms with Crippen LogP contribution in [0.5, 0.6) is 0 Å². The summed E-state index contributed by atoms with van der Waals surface area (Å²) in [4.78, 5) is 23.9. The van der Waals surface area contributed by atoms with E-state index < -0.39 is 0 Å². The summed E-state index contributed by atoms with van der Waals surface area (Å²) in [7, 11) is 0. The minimum Gasteiger partial charge on any atom is -0.348 e. The van der Waals surface area contributed by atoms with Gasteiger partial charge in [0.25, 0.3) is 0 Å². The van der Waals surface area contributed by atoms with Crippen molar-refractivity contribution in [3.05, 3.63) is 119 Å². The molecule has 4 nitrogen and oxygen atoms in total. The predicted octanol–water partition coefficient (Wildman–Crippen LogP) is 4.62. The quantitative estimate of drug-likeness (QED) is 0.510. The van der Waals surface area contributed by atoms with Crippen LogP contribution < -0.4 is 10.6 Å². The normalized spacial score (nSPS) is 11.1. The van der Waals surface area contributed by atoms with Gasteiger partial charge in [-0.3, -0.25) is 9.59 Å². The zero-order valence-electron chi connectivity index (χ0n) is 17.2. The summed E-state index contributed by atoms with van der Waals surface area (Å²) in [5.74, 6) is -1.15. The van der Waals surface area contributed by atoms with E-state index in [-0.39, 0.29) is 23.4 Å². The van der Waals surface area contributed by atoms with Gasteiger partial charge < -0.3 is 10.6 Å². The summed E-state index contributed by atoms with van der Waals surface area (Å²) >= 11 is 0. The SMILES string of the molecule is O=C(C=Cc1ccc(F)cc1)NCc1ccc(CNC(=O)C=Cc2ccc(F)cc2)cc1. The van der Waals surface area contributed by atoms with Crippen LogP contribution in [0.1, 0.15) is 22.3 Å². The van der Waals surface area contributed by atoms with E-state index in [1.54, 1.807) is 36.4 Å². The van der Waals surface area contributed by atoms with Gasteiger partial charge in [-0.2, -0.15) is 0 Å². The number of nitrogens with one attached hydrogen (secondary N) is 2. The predicted molar refractivity (Wildman–Crippen MR) is 121 cm³/mol. The lowest BCUT2D eigenvalue weighted by molar-refractivity contribution is -0.117. The Morgan fingerprint density at radius 2 is 0.938 bits per heavy atom. The number of hydrogen-bond donors (Lipinski definition) is 2. The molecule has 3 aromatic carbocycles. The molecule has 32 heavy (non-hydrogen) atoms. The highest BCUT2D eigenvalue weighted by Crippen LogP contribution is 2.07. The van der Waals surface area contributed by atoms with Crippen LogP contribution >= 0.6 is 0 Å². The van der Waals surface area contributed by atoms with Crippen molar-refractivity contribution >= 4 is 24.0 Å². The first-order chi connectivity index (χ1) is 15.5.